The number of benzene rings is 2. The molecule has 0 unspecified atom stereocenters. The summed E-state index contributed by atoms with van der Waals surface area (Å²) in [6.07, 6.45) is -3.86. The molecule has 21 heavy (non-hydrogen) atoms. The van der Waals surface area contributed by atoms with Gasteiger partial charge in [-0.25, -0.2) is 0 Å². The van der Waals surface area contributed by atoms with Crippen molar-refractivity contribution in [1.29, 1.82) is 0 Å². The van der Waals surface area contributed by atoms with E-state index in [0.717, 1.165) is 6.07 Å². The Balaban J connectivity index is 2.14. The maximum absolute atomic E-state index is 13.0. The van der Waals surface area contributed by atoms with Gasteiger partial charge in [-0.3, -0.25) is 0 Å². The van der Waals surface area contributed by atoms with Crippen molar-refractivity contribution in [3.8, 4) is 22.6 Å². The number of hydrogen-bond donors (Lipinski definition) is 0. The minimum atomic E-state index is -4.36. The van der Waals surface area contributed by atoms with Crippen LogP contribution < -0.4 is 9.47 Å². The lowest BCUT2D eigenvalue weighted by Gasteiger charge is -2.13. The third kappa shape index (κ3) is 2.55. The summed E-state index contributed by atoms with van der Waals surface area (Å²) >= 11 is 0. The monoisotopic (exact) mass is 294 g/mol. The molecule has 0 fully saturated rings. The van der Waals surface area contributed by atoms with Gasteiger partial charge in [0.25, 0.3) is 0 Å². The summed E-state index contributed by atoms with van der Waals surface area (Å²) in [6.45, 7) is 0.416. The van der Waals surface area contributed by atoms with Crippen molar-refractivity contribution >= 4 is 0 Å². The molecule has 1 aliphatic heterocycles. The number of methoxy groups -OCH3 is 1. The molecule has 0 radical (unpaired) electrons. The number of fused-ring (bicyclic) bond motifs is 1. The van der Waals surface area contributed by atoms with Gasteiger partial charge >= 0.3 is 6.18 Å². The molecule has 2 aromatic carbocycles. The van der Waals surface area contributed by atoms with Gasteiger partial charge in [-0.2, -0.15) is 13.2 Å². The summed E-state index contributed by atoms with van der Waals surface area (Å²) in [6, 6.07) is 9.22. The number of halogens is 3. The van der Waals surface area contributed by atoms with Crippen molar-refractivity contribution in [3.05, 3.63) is 47.5 Å². The first-order valence-corrected chi connectivity index (χ1v) is 6.50. The Labute approximate surface area is 120 Å². The van der Waals surface area contributed by atoms with Gasteiger partial charge in [0.2, 0.25) is 0 Å². The number of ether oxygens (including phenoxy) is 2. The highest BCUT2D eigenvalue weighted by Crippen LogP contribution is 2.42. The van der Waals surface area contributed by atoms with Gasteiger partial charge in [0.15, 0.2) is 0 Å². The average Bonchev–Trinajstić information content (AvgIpc) is 2.94. The fourth-order valence-corrected chi connectivity index (χ4v) is 2.46. The maximum Gasteiger partial charge on any atom is 0.416 e. The van der Waals surface area contributed by atoms with E-state index in [1.165, 1.54) is 6.07 Å². The highest BCUT2D eigenvalue weighted by atomic mass is 19.4. The van der Waals surface area contributed by atoms with Crippen molar-refractivity contribution in [2.24, 2.45) is 0 Å². The zero-order chi connectivity index (χ0) is 15.0. The third-order valence-corrected chi connectivity index (χ3v) is 3.51. The van der Waals surface area contributed by atoms with E-state index in [0.29, 0.717) is 41.2 Å². The highest BCUT2D eigenvalue weighted by Gasteiger charge is 2.33. The second-order valence-electron chi connectivity index (χ2n) is 4.84. The summed E-state index contributed by atoms with van der Waals surface area (Å²) < 4.78 is 49.6. The normalized spacial score (nSPS) is 13.7. The van der Waals surface area contributed by atoms with E-state index in [2.05, 4.69) is 0 Å². The predicted octanol–water partition coefficient (Wildman–Crippen LogP) is 4.32. The maximum atomic E-state index is 13.0. The van der Waals surface area contributed by atoms with Crippen molar-refractivity contribution < 1.29 is 22.6 Å². The highest BCUT2D eigenvalue weighted by molar-refractivity contribution is 5.74. The summed E-state index contributed by atoms with van der Waals surface area (Å²) in [7, 11) is 1.54. The molecule has 0 atom stereocenters. The van der Waals surface area contributed by atoms with Gasteiger partial charge in [0.05, 0.1) is 19.3 Å². The Kier molecular flexibility index (Phi) is 3.27. The van der Waals surface area contributed by atoms with Crippen molar-refractivity contribution in [1.82, 2.24) is 0 Å². The lowest BCUT2D eigenvalue weighted by Crippen LogP contribution is -2.05. The molecule has 0 bridgehead atoms. The van der Waals surface area contributed by atoms with Gasteiger partial charge in [-0.15, -0.1) is 0 Å². The molecule has 5 heteroatoms. The summed E-state index contributed by atoms with van der Waals surface area (Å²) in [5.41, 5.74) is 1.12. The van der Waals surface area contributed by atoms with Crippen LogP contribution in [0.5, 0.6) is 11.5 Å². The van der Waals surface area contributed by atoms with Crippen LogP contribution in [0.1, 0.15) is 11.1 Å². The second-order valence-corrected chi connectivity index (χ2v) is 4.84. The fourth-order valence-electron chi connectivity index (χ4n) is 2.46. The van der Waals surface area contributed by atoms with Crippen LogP contribution >= 0.6 is 0 Å². The third-order valence-electron chi connectivity index (χ3n) is 3.51. The van der Waals surface area contributed by atoms with E-state index in [4.69, 9.17) is 9.47 Å². The molecule has 3 rings (SSSR count). The molecule has 110 valence electrons. The second kappa shape index (κ2) is 4.98. The number of hydrogen-bond acceptors (Lipinski definition) is 2. The fraction of sp³-hybridized carbons (Fsp3) is 0.250. The van der Waals surface area contributed by atoms with Crippen LogP contribution in [-0.4, -0.2) is 13.7 Å². The van der Waals surface area contributed by atoms with E-state index in [1.54, 1.807) is 31.4 Å². The largest absolute Gasteiger partial charge is 0.497 e. The molecule has 0 amide bonds. The van der Waals surface area contributed by atoms with E-state index < -0.39 is 11.7 Å². The Bertz CT molecular complexity index is 660. The summed E-state index contributed by atoms with van der Waals surface area (Å²) in [4.78, 5) is 0. The van der Waals surface area contributed by atoms with Crippen LogP contribution in [0.2, 0.25) is 0 Å². The Morgan fingerprint density at radius 2 is 1.81 bits per heavy atom. The SMILES string of the molecule is COc1ccc(-c2cc(C(F)(F)F)cc3c2OCC3)cc1. The van der Waals surface area contributed by atoms with Crippen LogP contribution in [0.4, 0.5) is 13.2 Å². The minimum absolute atomic E-state index is 0.416. The van der Waals surface area contributed by atoms with Crippen LogP contribution in [0.25, 0.3) is 11.1 Å². The van der Waals surface area contributed by atoms with Crippen molar-refractivity contribution in [2.75, 3.05) is 13.7 Å². The number of alkyl halides is 3. The van der Waals surface area contributed by atoms with E-state index in [1.807, 2.05) is 0 Å². The number of rotatable bonds is 2. The van der Waals surface area contributed by atoms with E-state index >= 15 is 0 Å². The van der Waals surface area contributed by atoms with Crippen molar-refractivity contribution in [3.63, 3.8) is 0 Å². The minimum Gasteiger partial charge on any atom is -0.497 e. The Morgan fingerprint density at radius 1 is 1.10 bits per heavy atom. The summed E-state index contributed by atoms with van der Waals surface area (Å²) in [5.74, 6) is 1.21. The molecular formula is C16H13F3O2. The van der Waals surface area contributed by atoms with Crippen LogP contribution in [-0.2, 0) is 12.6 Å². The van der Waals surface area contributed by atoms with Gasteiger partial charge in [-0.1, -0.05) is 12.1 Å². The standard InChI is InChI=1S/C16H13F3O2/c1-20-13-4-2-10(3-5-13)14-9-12(16(17,18)19)8-11-6-7-21-15(11)14/h2-5,8-9H,6-7H2,1H3. The molecule has 0 aromatic heterocycles. The van der Waals surface area contributed by atoms with Crippen LogP contribution in [0.3, 0.4) is 0 Å². The molecule has 0 N–H and O–H groups in total. The molecule has 1 heterocycles. The first kappa shape index (κ1) is 13.8. The molecule has 0 saturated carbocycles. The topological polar surface area (TPSA) is 18.5 Å². The molecule has 0 spiro atoms. The van der Waals surface area contributed by atoms with Gasteiger partial charge in [-0.05, 0) is 35.4 Å². The first-order chi connectivity index (χ1) is 9.99. The summed E-state index contributed by atoms with van der Waals surface area (Å²) in [5, 5.41) is 0. The Hall–Kier alpha value is -2.17. The van der Waals surface area contributed by atoms with Gasteiger partial charge in [0.1, 0.15) is 11.5 Å². The van der Waals surface area contributed by atoms with E-state index in [-0.39, 0.29) is 0 Å². The lowest BCUT2D eigenvalue weighted by atomic mass is 9.97. The van der Waals surface area contributed by atoms with Crippen molar-refractivity contribution in [2.45, 2.75) is 12.6 Å². The average molecular weight is 294 g/mol. The Morgan fingerprint density at radius 3 is 2.43 bits per heavy atom. The van der Waals surface area contributed by atoms with Crippen LogP contribution in [0, 0.1) is 0 Å². The molecule has 0 aliphatic carbocycles. The molecule has 2 nitrogen and oxygen atoms in total. The van der Waals surface area contributed by atoms with Gasteiger partial charge < -0.3 is 9.47 Å². The molecule has 0 saturated heterocycles. The molecule has 2 aromatic rings. The van der Waals surface area contributed by atoms with Crippen LogP contribution in [0.15, 0.2) is 36.4 Å². The predicted molar refractivity (Wildman–Crippen MR) is 72.6 cm³/mol. The zero-order valence-corrected chi connectivity index (χ0v) is 11.3. The molecule has 1 aliphatic rings. The van der Waals surface area contributed by atoms with Gasteiger partial charge in [0, 0.05) is 12.0 Å². The quantitative estimate of drug-likeness (QED) is 0.821. The smallest absolute Gasteiger partial charge is 0.416 e. The first-order valence-electron chi connectivity index (χ1n) is 6.50. The lowest BCUT2D eigenvalue weighted by molar-refractivity contribution is -0.137. The van der Waals surface area contributed by atoms with E-state index in [9.17, 15) is 13.2 Å². The zero-order valence-electron chi connectivity index (χ0n) is 11.3. The molecular weight excluding hydrogens is 281 g/mol.